The molecule has 2 aromatic carbocycles. The van der Waals surface area contributed by atoms with E-state index in [2.05, 4.69) is 16.4 Å². The number of Topliss-reactive ketones (excluding diaryl/α,β-unsaturated/α-hetero) is 1. The molecule has 39 heavy (non-hydrogen) atoms. The molecule has 0 bridgehead atoms. The first-order valence-corrected chi connectivity index (χ1v) is 13.3. The fraction of sp³-hybridized carbons (Fsp3) is 0.400. The minimum absolute atomic E-state index is 0.144. The molecule has 2 N–H and O–H groups in total. The lowest BCUT2D eigenvalue weighted by Crippen LogP contribution is -2.49. The van der Waals surface area contributed by atoms with Crippen molar-refractivity contribution in [3.8, 4) is 11.8 Å². The van der Waals surface area contributed by atoms with Crippen LogP contribution in [0.25, 0.3) is 10.9 Å². The number of H-pyrrole nitrogens is 1. The van der Waals surface area contributed by atoms with Crippen molar-refractivity contribution < 1.29 is 23.9 Å². The largest absolute Gasteiger partial charge is 0.496 e. The Kier molecular flexibility index (Phi) is 7.94. The smallest absolute Gasteiger partial charge is 0.271 e. The van der Waals surface area contributed by atoms with Crippen LogP contribution in [0.5, 0.6) is 5.75 Å². The quantitative estimate of drug-likeness (QED) is 0.436. The number of ketones is 1. The molecule has 9 heteroatoms. The molecule has 0 unspecified atom stereocenters. The van der Waals surface area contributed by atoms with Gasteiger partial charge >= 0.3 is 0 Å². The van der Waals surface area contributed by atoms with Gasteiger partial charge in [0, 0.05) is 36.2 Å². The molecule has 5 rings (SSSR count). The van der Waals surface area contributed by atoms with Gasteiger partial charge in [-0.1, -0.05) is 36.4 Å². The summed E-state index contributed by atoms with van der Waals surface area (Å²) >= 11 is 0. The molecule has 2 aliphatic rings. The molecule has 1 saturated heterocycles. The highest BCUT2D eigenvalue weighted by molar-refractivity contribution is 6.01. The summed E-state index contributed by atoms with van der Waals surface area (Å²) in [6.07, 6.45) is 2.31. The van der Waals surface area contributed by atoms with Gasteiger partial charge < -0.3 is 24.7 Å². The summed E-state index contributed by atoms with van der Waals surface area (Å²) in [5.41, 5.74) is 2.08. The van der Waals surface area contributed by atoms with E-state index in [1.165, 1.54) is 4.90 Å². The van der Waals surface area contributed by atoms with Crippen LogP contribution >= 0.6 is 0 Å². The number of amides is 2. The number of carbonyl (C=O) groups excluding carboxylic acids is 3. The van der Waals surface area contributed by atoms with Gasteiger partial charge in [-0.15, -0.1) is 0 Å². The van der Waals surface area contributed by atoms with E-state index >= 15 is 0 Å². The van der Waals surface area contributed by atoms with Crippen LogP contribution in [0.2, 0.25) is 0 Å². The molecule has 1 aromatic heterocycles. The molecule has 0 spiro atoms. The maximum atomic E-state index is 13.7. The van der Waals surface area contributed by atoms with Crippen LogP contribution in [0.15, 0.2) is 54.6 Å². The number of rotatable bonds is 9. The van der Waals surface area contributed by atoms with Crippen molar-refractivity contribution in [1.82, 2.24) is 15.2 Å². The fourth-order valence-electron chi connectivity index (χ4n) is 5.59. The van der Waals surface area contributed by atoms with Gasteiger partial charge in [0.15, 0.2) is 0 Å². The number of benzene rings is 2. The zero-order valence-corrected chi connectivity index (χ0v) is 21.9. The minimum atomic E-state index is -0.818. The van der Waals surface area contributed by atoms with Crippen LogP contribution in [0, 0.1) is 17.2 Å². The topological polar surface area (TPSA) is 125 Å². The van der Waals surface area contributed by atoms with E-state index in [1.807, 2.05) is 48.5 Å². The first-order valence-electron chi connectivity index (χ1n) is 13.3. The average molecular weight is 529 g/mol. The third-order valence-corrected chi connectivity index (χ3v) is 7.65. The number of nitrogens with zero attached hydrogens (tertiary/aromatic N) is 2. The molecule has 2 fully saturated rings. The van der Waals surface area contributed by atoms with E-state index in [0.29, 0.717) is 30.9 Å². The second-order valence-electron chi connectivity index (χ2n) is 10.2. The Hall–Kier alpha value is -4.16. The van der Waals surface area contributed by atoms with E-state index in [-0.39, 0.29) is 36.7 Å². The minimum Gasteiger partial charge on any atom is -0.496 e. The average Bonchev–Trinajstić information content (AvgIpc) is 3.70. The van der Waals surface area contributed by atoms with Crippen LogP contribution in [0.1, 0.15) is 48.2 Å². The number of nitriles is 1. The van der Waals surface area contributed by atoms with Crippen LogP contribution in [-0.2, 0) is 20.9 Å². The summed E-state index contributed by atoms with van der Waals surface area (Å²) in [6, 6.07) is 17.5. The van der Waals surface area contributed by atoms with Gasteiger partial charge in [0.25, 0.3) is 5.91 Å². The zero-order valence-electron chi connectivity index (χ0n) is 21.9. The molecule has 2 amide bonds. The predicted molar refractivity (Wildman–Crippen MR) is 144 cm³/mol. The van der Waals surface area contributed by atoms with E-state index in [4.69, 9.17) is 9.47 Å². The maximum absolute atomic E-state index is 13.7. The van der Waals surface area contributed by atoms with E-state index in [0.717, 1.165) is 29.3 Å². The zero-order chi connectivity index (χ0) is 27.4. The Morgan fingerprint density at radius 2 is 2.03 bits per heavy atom. The van der Waals surface area contributed by atoms with Crippen molar-refractivity contribution in [3.05, 3.63) is 65.9 Å². The molecular formula is C30H32N4O5. The highest BCUT2D eigenvalue weighted by atomic mass is 16.5. The first kappa shape index (κ1) is 26.4. The molecule has 202 valence electrons. The van der Waals surface area contributed by atoms with Crippen molar-refractivity contribution in [3.63, 3.8) is 0 Å². The number of ether oxygens (including phenoxy) is 2. The first-order chi connectivity index (χ1) is 19.0. The molecular weight excluding hydrogens is 496 g/mol. The monoisotopic (exact) mass is 528 g/mol. The second-order valence-corrected chi connectivity index (χ2v) is 10.2. The lowest BCUT2D eigenvalue weighted by Gasteiger charge is -2.24. The summed E-state index contributed by atoms with van der Waals surface area (Å²) in [6.45, 7) is 0.588. The molecule has 1 saturated carbocycles. The lowest BCUT2D eigenvalue weighted by molar-refractivity contribution is -0.126. The van der Waals surface area contributed by atoms with Gasteiger partial charge in [-0.3, -0.25) is 14.4 Å². The standard InChI is InChI=1S/C30H32N4O5/c1-38-28-12-6-10-24-23(28)15-25(33-24)30(37)34-17-22(39-18-19-7-3-2-4-8-19)14-26(34)29(36)32-21(16-31)13-20-9-5-11-27(20)35/h2-4,6-8,10,12,15,20-22,26,33H,5,9,11,13-14,17-18H2,1H3,(H,32,36)/t20-,21-,22+,26-/m0/s1. The Labute approximate surface area is 227 Å². The molecule has 1 aliphatic heterocycles. The summed E-state index contributed by atoms with van der Waals surface area (Å²) < 4.78 is 11.6. The number of fused-ring (bicyclic) bond motifs is 1. The number of methoxy groups -OCH3 is 1. The third-order valence-electron chi connectivity index (χ3n) is 7.65. The Morgan fingerprint density at radius 3 is 2.74 bits per heavy atom. The summed E-state index contributed by atoms with van der Waals surface area (Å²) in [5.74, 6) is -0.176. The summed E-state index contributed by atoms with van der Waals surface area (Å²) in [4.78, 5) is 44.0. The lowest BCUT2D eigenvalue weighted by atomic mass is 9.98. The van der Waals surface area contributed by atoms with Crippen LogP contribution in [0.3, 0.4) is 0 Å². The fourth-order valence-corrected chi connectivity index (χ4v) is 5.59. The highest BCUT2D eigenvalue weighted by Crippen LogP contribution is 2.30. The van der Waals surface area contributed by atoms with Gasteiger partial charge in [-0.05, 0) is 43.0 Å². The van der Waals surface area contributed by atoms with Crippen molar-refractivity contribution in [2.45, 2.75) is 56.9 Å². The van der Waals surface area contributed by atoms with Gasteiger partial charge in [0.2, 0.25) is 5.91 Å². The molecule has 0 radical (unpaired) electrons. The predicted octanol–water partition coefficient (Wildman–Crippen LogP) is 3.74. The molecule has 4 atom stereocenters. The Balaban J connectivity index is 1.35. The van der Waals surface area contributed by atoms with Gasteiger partial charge in [0.1, 0.15) is 29.3 Å². The Morgan fingerprint density at radius 1 is 1.21 bits per heavy atom. The summed E-state index contributed by atoms with van der Waals surface area (Å²) in [5, 5.41) is 13.3. The number of aromatic amines is 1. The molecule has 1 aliphatic carbocycles. The number of likely N-dealkylation sites (tertiary alicyclic amines) is 1. The number of hydrogen-bond acceptors (Lipinski definition) is 6. The highest BCUT2D eigenvalue weighted by Gasteiger charge is 2.42. The number of hydrogen-bond donors (Lipinski definition) is 2. The van der Waals surface area contributed by atoms with Crippen molar-refractivity contribution in [2.75, 3.05) is 13.7 Å². The van der Waals surface area contributed by atoms with Crippen LogP contribution in [-0.4, -0.2) is 59.3 Å². The summed E-state index contributed by atoms with van der Waals surface area (Å²) in [7, 11) is 1.57. The van der Waals surface area contributed by atoms with Crippen LogP contribution < -0.4 is 10.1 Å². The molecule has 9 nitrogen and oxygen atoms in total. The van der Waals surface area contributed by atoms with Crippen molar-refractivity contribution in [1.29, 1.82) is 5.26 Å². The maximum Gasteiger partial charge on any atom is 0.271 e. The van der Waals surface area contributed by atoms with E-state index in [1.54, 1.807) is 13.2 Å². The second kappa shape index (κ2) is 11.7. The van der Waals surface area contributed by atoms with Crippen LogP contribution in [0.4, 0.5) is 0 Å². The third kappa shape index (κ3) is 5.81. The van der Waals surface area contributed by atoms with Gasteiger partial charge in [-0.2, -0.15) is 5.26 Å². The molecule has 2 heterocycles. The van der Waals surface area contributed by atoms with Gasteiger partial charge in [0.05, 0.1) is 25.9 Å². The van der Waals surface area contributed by atoms with E-state index in [9.17, 15) is 19.6 Å². The Bertz CT molecular complexity index is 1400. The van der Waals surface area contributed by atoms with E-state index < -0.39 is 18.0 Å². The number of aromatic nitrogens is 1. The number of carbonyl (C=O) groups is 3. The molecule has 3 aromatic rings. The SMILES string of the molecule is COc1cccc2[nH]c(C(=O)N3C[C@H](OCc4ccccc4)C[C@H]3C(=O)N[C@H](C#N)C[C@@H]3CCCC3=O)cc12. The van der Waals surface area contributed by atoms with Crippen molar-refractivity contribution >= 4 is 28.5 Å². The number of nitrogens with one attached hydrogen (secondary N) is 2. The normalized spacial score (nSPS) is 21.6. The van der Waals surface area contributed by atoms with Gasteiger partial charge in [-0.25, -0.2) is 0 Å². The van der Waals surface area contributed by atoms with Crippen molar-refractivity contribution in [2.24, 2.45) is 5.92 Å².